The number of hydrogen-bond acceptors (Lipinski definition) is 4. The van der Waals surface area contributed by atoms with Gasteiger partial charge >= 0.3 is 0 Å². The van der Waals surface area contributed by atoms with Gasteiger partial charge in [-0.3, -0.25) is 4.79 Å². The van der Waals surface area contributed by atoms with E-state index in [-0.39, 0.29) is 12.3 Å². The number of nitrogens with zero attached hydrogens (tertiary/aromatic N) is 4. The van der Waals surface area contributed by atoms with Crippen molar-refractivity contribution in [3.05, 3.63) is 18.2 Å². The Kier molecular flexibility index (Phi) is 5.97. The Balaban J connectivity index is 1.84. The van der Waals surface area contributed by atoms with E-state index in [0.717, 1.165) is 39.0 Å². The number of piperidine rings is 1. The number of carbonyl (C=O) groups is 1. The topological polar surface area (TPSA) is 61.6 Å². The van der Waals surface area contributed by atoms with E-state index in [4.69, 9.17) is 0 Å². The lowest BCUT2D eigenvalue weighted by Gasteiger charge is -2.38. The standard InChI is InChI=1S/C16H28N4O2/c1-4-19(5-2)13-6-9-20(10-7-13)15(22)12-14(21)16-17-8-11-18(16)3/h8,11,13-14,21H,4-7,9-10,12H2,1-3H3/t14-/m1/s1. The Bertz CT molecular complexity index is 476. The number of rotatable bonds is 6. The van der Waals surface area contributed by atoms with E-state index in [0.29, 0.717) is 11.9 Å². The summed E-state index contributed by atoms with van der Waals surface area (Å²) in [6.45, 7) is 8.06. The minimum absolute atomic E-state index is 0.0218. The summed E-state index contributed by atoms with van der Waals surface area (Å²) in [5.41, 5.74) is 0. The molecule has 6 nitrogen and oxygen atoms in total. The maximum absolute atomic E-state index is 12.3. The van der Waals surface area contributed by atoms with Gasteiger partial charge in [-0.25, -0.2) is 4.98 Å². The largest absolute Gasteiger partial charge is 0.385 e. The summed E-state index contributed by atoms with van der Waals surface area (Å²) in [5.74, 6) is 0.569. The molecule has 0 saturated carbocycles. The molecule has 1 saturated heterocycles. The highest BCUT2D eigenvalue weighted by Crippen LogP contribution is 2.20. The van der Waals surface area contributed by atoms with E-state index in [2.05, 4.69) is 23.7 Å². The number of amides is 1. The fourth-order valence-corrected chi connectivity index (χ4v) is 3.30. The minimum atomic E-state index is -0.826. The molecular weight excluding hydrogens is 280 g/mol. The number of likely N-dealkylation sites (tertiary alicyclic amines) is 1. The van der Waals surface area contributed by atoms with E-state index in [9.17, 15) is 9.90 Å². The molecule has 22 heavy (non-hydrogen) atoms. The van der Waals surface area contributed by atoms with Gasteiger partial charge in [0.1, 0.15) is 11.9 Å². The minimum Gasteiger partial charge on any atom is -0.385 e. The van der Waals surface area contributed by atoms with Crippen LogP contribution in [0.25, 0.3) is 0 Å². The normalized spacial score (nSPS) is 18.0. The average molecular weight is 308 g/mol. The van der Waals surface area contributed by atoms with Crippen molar-refractivity contribution >= 4 is 5.91 Å². The molecule has 0 aliphatic carbocycles. The summed E-state index contributed by atoms with van der Waals surface area (Å²) in [6, 6.07) is 0.582. The zero-order valence-electron chi connectivity index (χ0n) is 13.9. The zero-order valence-corrected chi connectivity index (χ0v) is 13.9. The first kappa shape index (κ1) is 17.0. The Hall–Kier alpha value is -1.40. The zero-order chi connectivity index (χ0) is 16.1. The lowest BCUT2D eigenvalue weighted by Crippen LogP contribution is -2.46. The Morgan fingerprint density at radius 1 is 1.41 bits per heavy atom. The highest BCUT2D eigenvalue weighted by atomic mass is 16.3. The van der Waals surface area contributed by atoms with Crippen molar-refractivity contribution in [3.8, 4) is 0 Å². The Morgan fingerprint density at radius 3 is 2.55 bits per heavy atom. The van der Waals surface area contributed by atoms with Gasteiger partial charge in [0, 0.05) is 38.6 Å². The molecular formula is C16H28N4O2. The van der Waals surface area contributed by atoms with Gasteiger partial charge in [-0.2, -0.15) is 0 Å². The van der Waals surface area contributed by atoms with Crippen LogP contribution in [0.5, 0.6) is 0 Å². The van der Waals surface area contributed by atoms with Gasteiger partial charge in [0.15, 0.2) is 0 Å². The average Bonchev–Trinajstić information content (AvgIpc) is 2.95. The van der Waals surface area contributed by atoms with Gasteiger partial charge in [-0.15, -0.1) is 0 Å². The summed E-state index contributed by atoms with van der Waals surface area (Å²) < 4.78 is 1.75. The molecule has 1 aliphatic rings. The van der Waals surface area contributed by atoms with Crippen LogP contribution in [-0.4, -0.2) is 62.6 Å². The molecule has 1 aliphatic heterocycles. The third-order valence-electron chi connectivity index (χ3n) is 4.67. The first-order chi connectivity index (χ1) is 10.6. The fraction of sp³-hybridized carbons (Fsp3) is 0.750. The second-order valence-electron chi connectivity index (χ2n) is 5.95. The van der Waals surface area contributed by atoms with Crippen LogP contribution in [-0.2, 0) is 11.8 Å². The number of aliphatic hydroxyl groups excluding tert-OH is 1. The third-order valence-corrected chi connectivity index (χ3v) is 4.67. The number of hydrogen-bond donors (Lipinski definition) is 1. The molecule has 1 amide bonds. The van der Waals surface area contributed by atoms with E-state index >= 15 is 0 Å². The van der Waals surface area contributed by atoms with Crippen LogP contribution in [0.2, 0.25) is 0 Å². The highest BCUT2D eigenvalue weighted by Gasteiger charge is 2.27. The number of aliphatic hydroxyl groups is 1. The van der Waals surface area contributed by atoms with Crippen LogP contribution in [0.15, 0.2) is 12.4 Å². The van der Waals surface area contributed by atoms with Gasteiger partial charge in [0.05, 0.1) is 6.42 Å². The molecule has 1 N–H and O–H groups in total. The lowest BCUT2D eigenvalue weighted by molar-refractivity contribution is -0.135. The van der Waals surface area contributed by atoms with Crippen LogP contribution in [0, 0.1) is 0 Å². The molecule has 0 aromatic carbocycles. The van der Waals surface area contributed by atoms with Crippen LogP contribution in [0.1, 0.15) is 45.0 Å². The predicted octanol–water partition coefficient (Wildman–Crippen LogP) is 1.18. The van der Waals surface area contributed by atoms with Crippen molar-refractivity contribution in [1.82, 2.24) is 19.4 Å². The van der Waals surface area contributed by atoms with Crippen molar-refractivity contribution in [3.63, 3.8) is 0 Å². The van der Waals surface area contributed by atoms with Crippen molar-refractivity contribution in [2.24, 2.45) is 7.05 Å². The molecule has 1 aromatic rings. The summed E-state index contributed by atoms with van der Waals surface area (Å²) in [7, 11) is 1.83. The van der Waals surface area contributed by atoms with E-state index < -0.39 is 6.10 Å². The number of carbonyl (C=O) groups excluding carboxylic acids is 1. The van der Waals surface area contributed by atoms with Gasteiger partial charge in [0.25, 0.3) is 0 Å². The van der Waals surface area contributed by atoms with Crippen molar-refractivity contribution in [2.45, 2.75) is 45.3 Å². The van der Waals surface area contributed by atoms with Gasteiger partial charge in [-0.05, 0) is 25.9 Å². The summed E-state index contributed by atoms with van der Waals surface area (Å²) in [4.78, 5) is 20.8. The summed E-state index contributed by atoms with van der Waals surface area (Å²) in [6.07, 6.45) is 4.74. The molecule has 0 bridgehead atoms. The van der Waals surface area contributed by atoms with Crippen LogP contribution >= 0.6 is 0 Å². The fourth-order valence-electron chi connectivity index (χ4n) is 3.30. The first-order valence-electron chi connectivity index (χ1n) is 8.23. The first-order valence-corrected chi connectivity index (χ1v) is 8.23. The Labute approximate surface area is 132 Å². The molecule has 1 atom stereocenters. The SMILES string of the molecule is CCN(CC)C1CCN(C(=O)C[C@@H](O)c2nccn2C)CC1. The third kappa shape index (κ3) is 3.87. The summed E-state index contributed by atoms with van der Waals surface area (Å²) >= 11 is 0. The van der Waals surface area contributed by atoms with E-state index in [1.54, 1.807) is 17.0 Å². The quantitative estimate of drug-likeness (QED) is 0.857. The molecule has 124 valence electrons. The van der Waals surface area contributed by atoms with Gasteiger partial charge in [-0.1, -0.05) is 13.8 Å². The van der Waals surface area contributed by atoms with E-state index in [1.807, 2.05) is 11.9 Å². The molecule has 1 aromatic heterocycles. The Morgan fingerprint density at radius 2 is 2.05 bits per heavy atom. The van der Waals surface area contributed by atoms with Gasteiger partial charge in [0.2, 0.25) is 5.91 Å². The number of imidazole rings is 1. The molecule has 2 rings (SSSR count). The van der Waals surface area contributed by atoms with Crippen molar-refractivity contribution in [1.29, 1.82) is 0 Å². The predicted molar refractivity (Wildman–Crippen MR) is 85.3 cm³/mol. The van der Waals surface area contributed by atoms with Crippen molar-refractivity contribution < 1.29 is 9.90 Å². The molecule has 0 spiro atoms. The lowest BCUT2D eigenvalue weighted by atomic mass is 10.0. The van der Waals surface area contributed by atoms with Crippen LogP contribution in [0.4, 0.5) is 0 Å². The molecule has 6 heteroatoms. The maximum atomic E-state index is 12.3. The second-order valence-corrected chi connectivity index (χ2v) is 5.95. The van der Waals surface area contributed by atoms with Crippen molar-refractivity contribution in [2.75, 3.05) is 26.2 Å². The second kappa shape index (κ2) is 7.74. The summed E-state index contributed by atoms with van der Waals surface area (Å²) in [5, 5.41) is 10.2. The van der Waals surface area contributed by atoms with E-state index in [1.165, 1.54) is 0 Å². The smallest absolute Gasteiger partial charge is 0.225 e. The van der Waals surface area contributed by atoms with Crippen LogP contribution in [0.3, 0.4) is 0 Å². The van der Waals surface area contributed by atoms with Gasteiger partial charge < -0.3 is 19.5 Å². The maximum Gasteiger partial charge on any atom is 0.225 e. The monoisotopic (exact) mass is 308 g/mol. The number of aryl methyl sites for hydroxylation is 1. The number of aromatic nitrogens is 2. The molecule has 2 heterocycles. The molecule has 0 radical (unpaired) electrons. The molecule has 0 unspecified atom stereocenters. The highest BCUT2D eigenvalue weighted by molar-refractivity contribution is 5.76. The molecule has 1 fully saturated rings. The van der Waals surface area contributed by atoms with Crippen LogP contribution < -0.4 is 0 Å².